The zero-order chi connectivity index (χ0) is 16.7. The van der Waals surface area contributed by atoms with Crippen LogP contribution in [0.5, 0.6) is 0 Å². The van der Waals surface area contributed by atoms with Crippen molar-refractivity contribution in [3.8, 4) is 0 Å². The molecule has 1 aromatic carbocycles. The van der Waals surface area contributed by atoms with Crippen LogP contribution in [0.15, 0.2) is 33.0 Å². The fraction of sp³-hybridized carbons (Fsp3) is 0.375. The van der Waals surface area contributed by atoms with Gasteiger partial charge in [-0.15, -0.1) is 11.3 Å². The van der Waals surface area contributed by atoms with E-state index in [1.807, 2.05) is 6.92 Å². The summed E-state index contributed by atoms with van der Waals surface area (Å²) in [6.45, 7) is 3.38. The summed E-state index contributed by atoms with van der Waals surface area (Å²) in [6.07, 6.45) is 1.45. The fourth-order valence-corrected chi connectivity index (χ4v) is 3.16. The third kappa shape index (κ3) is 5.91. The summed E-state index contributed by atoms with van der Waals surface area (Å²) in [7, 11) is 1.72. The van der Waals surface area contributed by atoms with E-state index in [0.717, 1.165) is 28.1 Å². The van der Waals surface area contributed by atoms with E-state index in [4.69, 9.17) is 0 Å². The molecule has 0 aliphatic heterocycles. The number of nitrogens with zero attached hydrogens (tertiary/aromatic N) is 2. The number of thiazole rings is 1. The Labute approximate surface area is 148 Å². The number of nitrogens with one attached hydrogen (secondary N) is 2. The molecule has 4 nitrogen and oxygen atoms in total. The minimum atomic E-state index is -0.183. The van der Waals surface area contributed by atoms with Crippen LogP contribution in [0.4, 0.5) is 4.39 Å². The van der Waals surface area contributed by atoms with Crippen molar-refractivity contribution in [3.63, 3.8) is 0 Å². The number of guanidine groups is 1. The van der Waals surface area contributed by atoms with Crippen molar-refractivity contribution >= 4 is 33.2 Å². The highest BCUT2D eigenvalue weighted by Crippen LogP contribution is 2.15. The standard InChI is InChI=1S/C16H20BrFN4S/c1-11-22-14(10-23-11)6-8-21-16(19-2)20-7-5-12-9-13(17)3-4-15(12)18/h3-4,9-10H,5-8H2,1-2H3,(H2,19,20,21). The van der Waals surface area contributed by atoms with E-state index in [1.165, 1.54) is 6.07 Å². The molecule has 2 aromatic rings. The first kappa shape index (κ1) is 17.9. The number of aryl methyl sites for hydroxylation is 1. The molecule has 0 amide bonds. The SMILES string of the molecule is CN=C(NCCc1csc(C)n1)NCCc1cc(Br)ccc1F. The summed E-state index contributed by atoms with van der Waals surface area (Å²) >= 11 is 5.02. The highest BCUT2D eigenvalue weighted by molar-refractivity contribution is 9.10. The summed E-state index contributed by atoms with van der Waals surface area (Å²) in [4.78, 5) is 8.59. The molecule has 2 N–H and O–H groups in total. The second-order valence-electron chi connectivity index (χ2n) is 5.02. The average molecular weight is 399 g/mol. The lowest BCUT2D eigenvalue weighted by molar-refractivity contribution is 0.606. The minimum Gasteiger partial charge on any atom is -0.356 e. The molecule has 124 valence electrons. The molecular formula is C16H20BrFN4S. The van der Waals surface area contributed by atoms with Crippen molar-refractivity contribution in [2.45, 2.75) is 19.8 Å². The first-order valence-corrected chi connectivity index (χ1v) is 9.05. The van der Waals surface area contributed by atoms with Crippen molar-refractivity contribution < 1.29 is 4.39 Å². The molecule has 0 fully saturated rings. The number of aliphatic imine (C=N–C) groups is 1. The molecule has 0 bridgehead atoms. The fourth-order valence-electron chi connectivity index (χ4n) is 2.10. The molecule has 0 saturated carbocycles. The Morgan fingerprint density at radius 1 is 1.30 bits per heavy atom. The van der Waals surface area contributed by atoms with Gasteiger partial charge >= 0.3 is 0 Å². The Kier molecular flexibility index (Phi) is 6.98. The number of benzene rings is 1. The number of hydrogen-bond donors (Lipinski definition) is 2. The van der Waals surface area contributed by atoms with Gasteiger partial charge in [-0.1, -0.05) is 15.9 Å². The Hall–Kier alpha value is -1.47. The lowest BCUT2D eigenvalue weighted by Crippen LogP contribution is -2.39. The van der Waals surface area contributed by atoms with Crippen LogP contribution < -0.4 is 10.6 Å². The van der Waals surface area contributed by atoms with E-state index in [-0.39, 0.29) is 5.82 Å². The molecule has 0 saturated heterocycles. The molecular weight excluding hydrogens is 379 g/mol. The maximum atomic E-state index is 13.7. The Morgan fingerprint density at radius 3 is 2.70 bits per heavy atom. The van der Waals surface area contributed by atoms with Crippen molar-refractivity contribution in [2.24, 2.45) is 4.99 Å². The van der Waals surface area contributed by atoms with Gasteiger partial charge in [0.05, 0.1) is 10.7 Å². The Bertz CT molecular complexity index is 672. The second-order valence-corrected chi connectivity index (χ2v) is 7.00. The van der Waals surface area contributed by atoms with Gasteiger partial charge in [0.25, 0.3) is 0 Å². The third-order valence-electron chi connectivity index (χ3n) is 3.26. The Balaban J connectivity index is 1.73. The lowest BCUT2D eigenvalue weighted by Gasteiger charge is -2.11. The first-order valence-electron chi connectivity index (χ1n) is 7.38. The van der Waals surface area contributed by atoms with Crippen molar-refractivity contribution in [2.75, 3.05) is 20.1 Å². The van der Waals surface area contributed by atoms with Crippen LogP contribution in [0.3, 0.4) is 0 Å². The molecule has 1 heterocycles. The van der Waals surface area contributed by atoms with Crippen LogP contribution in [0, 0.1) is 12.7 Å². The first-order chi connectivity index (χ1) is 11.1. The van der Waals surface area contributed by atoms with E-state index in [1.54, 1.807) is 30.5 Å². The minimum absolute atomic E-state index is 0.183. The van der Waals surface area contributed by atoms with Gasteiger partial charge in [0.1, 0.15) is 5.82 Å². The molecule has 1 aromatic heterocycles. The van der Waals surface area contributed by atoms with Gasteiger partial charge in [0.2, 0.25) is 0 Å². The van der Waals surface area contributed by atoms with Crippen LogP contribution in [0.25, 0.3) is 0 Å². The van der Waals surface area contributed by atoms with E-state index < -0.39 is 0 Å². The molecule has 23 heavy (non-hydrogen) atoms. The van der Waals surface area contributed by atoms with Gasteiger partial charge in [-0.25, -0.2) is 9.37 Å². The maximum absolute atomic E-state index is 13.7. The van der Waals surface area contributed by atoms with Gasteiger partial charge in [0.15, 0.2) is 5.96 Å². The summed E-state index contributed by atoms with van der Waals surface area (Å²) in [5.41, 5.74) is 1.77. The smallest absolute Gasteiger partial charge is 0.190 e. The summed E-state index contributed by atoms with van der Waals surface area (Å²) < 4.78 is 14.6. The molecule has 2 rings (SSSR count). The number of aromatic nitrogens is 1. The van der Waals surface area contributed by atoms with E-state index in [2.05, 4.69) is 41.9 Å². The van der Waals surface area contributed by atoms with Crippen LogP contribution >= 0.6 is 27.3 Å². The van der Waals surface area contributed by atoms with E-state index in [0.29, 0.717) is 24.5 Å². The Morgan fingerprint density at radius 2 is 2.04 bits per heavy atom. The topological polar surface area (TPSA) is 49.3 Å². The largest absolute Gasteiger partial charge is 0.356 e. The highest BCUT2D eigenvalue weighted by Gasteiger charge is 2.04. The van der Waals surface area contributed by atoms with Gasteiger partial charge in [-0.05, 0) is 37.1 Å². The van der Waals surface area contributed by atoms with E-state index >= 15 is 0 Å². The van der Waals surface area contributed by atoms with Crippen LogP contribution in [-0.2, 0) is 12.8 Å². The van der Waals surface area contributed by atoms with Crippen LogP contribution in [0.1, 0.15) is 16.3 Å². The molecule has 7 heteroatoms. The number of rotatable bonds is 6. The number of hydrogen-bond acceptors (Lipinski definition) is 3. The zero-order valence-corrected chi connectivity index (χ0v) is 15.6. The van der Waals surface area contributed by atoms with E-state index in [9.17, 15) is 4.39 Å². The quantitative estimate of drug-likeness (QED) is 0.579. The molecule has 0 atom stereocenters. The van der Waals surface area contributed by atoms with Crippen molar-refractivity contribution in [3.05, 3.63) is 50.1 Å². The lowest BCUT2D eigenvalue weighted by atomic mass is 10.1. The summed E-state index contributed by atoms with van der Waals surface area (Å²) in [6, 6.07) is 4.98. The average Bonchev–Trinajstić information content (AvgIpc) is 2.94. The van der Waals surface area contributed by atoms with Gasteiger partial charge in [0, 0.05) is 36.4 Å². The van der Waals surface area contributed by atoms with Gasteiger partial charge in [-0.2, -0.15) is 0 Å². The van der Waals surface area contributed by atoms with Gasteiger partial charge < -0.3 is 10.6 Å². The van der Waals surface area contributed by atoms with Gasteiger partial charge in [-0.3, -0.25) is 4.99 Å². The third-order valence-corrected chi connectivity index (χ3v) is 4.57. The normalized spacial score (nSPS) is 11.6. The molecule has 0 radical (unpaired) electrons. The second kappa shape index (κ2) is 8.98. The summed E-state index contributed by atoms with van der Waals surface area (Å²) in [5.74, 6) is 0.532. The number of halogens is 2. The molecule has 0 aliphatic rings. The maximum Gasteiger partial charge on any atom is 0.190 e. The highest BCUT2D eigenvalue weighted by atomic mass is 79.9. The molecule has 0 aliphatic carbocycles. The van der Waals surface area contributed by atoms with Crippen molar-refractivity contribution in [1.29, 1.82) is 0 Å². The molecule has 0 unspecified atom stereocenters. The molecule has 0 spiro atoms. The predicted octanol–water partition coefficient (Wildman–Crippen LogP) is 3.30. The van der Waals surface area contributed by atoms with Crippen LogP contribution in [0.2, 0.25) is 0 Å². The van der Waals surface area contributed by atoms with Crippen molar-refractivity contribution in [1.82, 2.24) is 15.6 Å². The zero-order valence-electron chi connectivity index (χ0n) is 13.2. The summed E-state index contributed by atoms with van der Waals surface area (Å²) in [5, 5.41) is 9.59. The van der Waals surface area contributed by atoms with Crippen LogP contribution in [-0.4, -0.2) is 31.1 Å². The monoisotopic (exact) mass is 398 g/mol. The predicted molar refractivity (Wildman–Crippen MR) is 97.7 cm³/mol.